The van der Waals surface area contributed by atoms with Gasteiger partial charge in [0, 0.05) is 19.1 Å². The number of hydrogen-bond donors (Lipinski definition) is 0. The van der Waals surface area contributed by atoms with Crippen LogP contribution in [0.1, 0.15) is 35.5 Å². The van der Waals surface area contributed by atoms with Gasteiger partial charge in [0.1, 0.15) is 17.6 Å². The average molecular weight is 485 g/mol. The predicted octanol–water partition coefficient (Wildman–Crippen LogP) is 4.54. The van der Waals surface area contributed by atoms with Crippen molar-refractivity contribution in [3.63, 3.8) is 0 Å². The van der Waals surface area contributed by atoms with Crippen LogP contribution in [0.25, 0.3) is 0 Å². The van der Waals surface area contributed by atoms with Crippen molar-refractivity contribution in [2.24, 2.45) is 0 Å². The minimum Gasteiger partial charge on any atom is -0.484 e. The van der Waals surface area contributed by atoms with E-state index in [1.165, 1.54) is 11.8 Å². The SMILES string of the molecule is O=C(C(Sc1nnc(COc2ccccc2Cl)n1C1CC1)c1ccccc1)N1CCOCC1. The summed E-state index contributed by atoms with van der Waals surface area (Å²) in [5.74, 6) is 1.43. The summed E-state index contributed by atoms with van der Waals surface area (Å²) in [4.78, 5) is 15.4. The number of morpholine rings is 1. The summed E-state index contributed by atoms with van der Waals surface area (Å²) in [5.41, 5.74) is 0.957. The number of aromatic nitrogens is 3. The second-order valence-electron chi connectivity index (χ2n) is 8.07. The lowest BCUT2D eigenvalue weighted by Crippen LogP contribution is -2.42. The summed E-state index contributed by atoms with van der Waals surface area (Å²) in [7, 11) is 0. The van der Waals surface area contributed by atoms with Crippen molar-refractivity contribution in [3.05, 3.63) is 71.0 Å². The minimum atomic E-state index is -0.400. The predicted molar refractivity (Wildman–Crippen MR) is 127 cm³/mol. The van der Waals surface area contributed by atoms with Gasteiger partial charge in [-0.15, -0.1) is 10.2 Å². The molecule has 1 saturated heterocycles. The van der Waals surface area contributed by atoms with Crippen molar-refractivity contribution in [2.75, 3.05) is 26.3 Å². The largest absolute Gasteiger partial charge is 0.484 e. The van der Waals surface area contributed by atoms with Gasteiger partial charge in [-0.3, -0.25) is 9.36 Å². The van der Waals surface area contributed by atoms with Crippen molar-refractivity contribution in [1.82, 2.24) is 19.7 Å². The summed E-state index contributed by atoms with van der Waals surface area (Å²) < 4.78 is 13.5. The molecule has 0 radical (unpaired) electrons. The molecule has 1 aliphatic carbocycles. The van der Waals surface area contributed by atoms with Crippen LogP contribution >= 0.6 is 23.4 Å². The van der Waals surface area contributed by atoms with E-state index in [1.807, 2.05) is 53.4 Å². The van der Waals surface area contributed by atoms with Crippen molar-refractivity contribution < 1.29 is 14.3 Å². The Morgan fingerprint density at radius 3 is 2.55 bits per heavy atom. The molecule has 1 aromatic heterocycles. The highest BCUT2D eigenvalue weighted by Crippen LogP contribution is 2.43. The molecule has 7 nitrogen and oxygen atoms in total. The number of amides is 1. The number of ether oxygens (including phenoxy) is 2. The molecule has 1 aliphatic heterocycles. The molecule has 2 heterocycles. The number of para-hydroxylation sites is 1. The van der Waals surface area contributed by atoms with Crippen LogP contribution < -0.4 is 4.74 Å². The molecule has 2 aliphatic rings. The maximum absolute atomic E-state index is 13.5. The van der Waals surface area contributed by atoms with Gasteiger partial charge in [-0.05, 0) is 30.5 Å². The summed E-state index contributed by atoms with van der Waals surface area (Å²) in [6.07, 6.45) is 2.14. The van der Waals surface area contributed by atoms with Crippen LogP contribution in [0.3, 0.4) is 0 Å². The molecule has 1 unspecified atom stereocenters. The van der Waals surface area contributed by atoms with Crippen LogP contribution in [0.15, 0.2) is 59.8 Å². The molecule has 1 saturated carbocycles. The molecular formula is C24H25ClN4O3S. The van der Waals surface area contributed by atoms with E-state index in [-0.39, 0.29) is 12.5 Å². The van der Waals surface area contributed by atoms with Crippen LogP contribution in [0.2, 0.25) is 5.02 Å². The normalized spacial score (nSPS) is 17.1. The highest BCUT2D eigenvalue weighted by molar-refractivity contribution is 8.00. The Morgan fingerprint density at radius 2 is 1.82 bits per heavy atom. The van der Waals surface area contributed by atoms with Crippen LogP contribution in [0.5, 0.6) is 5.75 Å². The fraction of sp³-hybridized carbons (Fsp3) is 0.375. The van der Waals surface area contributed by atoms with E-state index in [9.17, 15) is 4.79 Å². The highest BCUT2D eigenvalue weighted by Gasteiger charge is 2.34. The van der Waals surface area contributed by atoms with Gasteiger partial charge in [0.2, 0.25) is 5.91 Å². The number of nitrogens with zero attached hydrogens (tertiary/aromatic N) is 4. The first-order valence-corrected chi connectivity index (χ1v) is 12.4. The molecule has 5 rings (SSSR count). The standard InChI is InChI=1S/C24H25ClN4O3S/c25-19-8-4-5-9-20(19)32-16-21-26-27-24(29(21)18-10-11-18)33-22(17-6-2-1-3-7-17)23(30)28-12-14-31-15-13-28/h1-9,18,22H,10-16H2. The van der Waals surface area contributed by atoms with Gasteiger partial charge in [0.05, 0.1) is 18.2 Å². The molecule has 0 N–H and O–H groups in total. The van der Waals surface area contributed by atoms with E-state index in [4.69, 9.17) is 21.1 Å². The Balaban J connectivity index is 1.39. The number of rotatable bonds is 8. The number of thioether (sulfide) groups is 1. The zero-order valence-corrected chi connectivity index (χ0v) is 19.7. The van der Waals surface area contributed by atoms with E-state index in [0.29, 0.717) is 43.1 Å². The maximum atomic E-state index is 13.5. The minimum absolute atomic E-state index is 0.0775. The van der Waals surface area contributed by atoms with Gasteiger partial charge >= 0.3 is 0 Å². The topological polar surface area (TPSA) is 69.5 Å². The highest BCUT2D eigenvalue weighted by atomic mass is 35.5. The Morgan fingerprint density at radius 1 is 1.09 bits per heavy atom. The Hall–Kier alpha value is -2.55. The summed E-state index contributed by atoms with van der Waals surface area (Å²) >= 11 is 7.69. The smallest absolute Gasteiger partial charge is 0.240 e. The third-order valence-electron chi connectivity index (χ3n) is 5.71. The molecule has 3 aromatic rings. The lowest BCUT2D eigenvalue weighted by molar-refractivity contribution is -0.134. The molecule has 0 bridgehead atoms. The number of benzene rings is 2. The first-order chi connectivity index (χ1) is 16.2. The van der Waals surface area contributed by atoms with Crippen LogP contribution in [0.4, 0.5) is 0 Å². The Labute approximate surface area is 202 Å². The maximum Gasteiger partial charge on any atom is 0.240 e. The zero-order chi connectivity index (χ0) is 22.6. The van der Waals surface area contributed by atoms with Crippen molar-refractivity contribution in [3.8, 4) is 5.75 Å². The second-order valence-corrected chi connectivity index (χ2v) is 9.54. The van der Waals surface area contributed by atoms with E-state index < -0.39 is 5.25 Å². The van der Waals surface area contributed by atoms with Crippen molar-refractivity contribution in [2.45, 2.75) is 35.9 Å². The molecule has 1 amide bonds. The van der Waals surface area contributed by atoms with E-state index in [0.717, 1.165) is 29.4 Å². The summed E-state index contributed by atoms with van der Waals surface area (Å²) in [6.45, 7) is 2.62. The second kappa shape index (κ2) is 10.2. The molecule has 0 spiro atoms. The monoisotopic (exact) mass is 484 g/mol. The fourth-order valence-corrected chi connectivity index (χ4v) is 5.23. The lowest BCUT2D eigenvalue weighted by Gasteiger charge is -2.30. The van der Waals surface area contributed by atoms with Gasteiger partial charge in [0.25, 0.3) is 0 Å². The zero-order valence-electron chi connectivity index (χ0n) is 18.1. The number of halogens is 1. The Kier molecular flexibility index (Phi) is 6.85. The number of carbonyl (C=O) groups is 1. The molecule has 172 valence electrons. The van der Waals surface area contributed by atoms with Crippen LogP contribution in [-0.2, 0) is 16.1 Å². The number of carbonyl (C=O) groups excluding carboxylic acids is 1. The van der Waals surface area contributed by atoms with Gasteiger partial charge in [0.15, 0.2) is 11.0 Å². The molecule has 2 aromatic carbocycles. The Bertz CT molecular complexity index is 1100. The van der Waals surface area contributed by atoms with E-state index in [1.54, 1.807) is 6.07 Å². The number of hydrogen-bond acceptors (Lipinski definition) is 6. The summed E-state index contributed by atoms with van der Waals surface area (Å²) in [5, 5.41) is 9.79. The van der Waals surface area contributed by atoms with Gasteiger partial charge in [-0.25, -0.2) is 0 Å². The molecule has 9 heteroatoms. The van der Waals surface area contributed by atoms with Crippen molar-refractivity contribution in [1.29, 1.82) is 0 Å². The molecule has 2 fully saturated rings. The van der Waals surface area contributed by atoms with Crippen LogP contribution in [-0.4, -0.2) is 51.9 Å². The van der Waals surface area contributed by atoms with Gasteiger partial charge < -0.3 is 14.4 Å². The quantitative estimate of drug-likeness (QED) is 0.437. The van der Waals surface area contributed by atoms with Crippen LogP contribution in [0, 0.1) is 0 Å². The molecular weight excluding hydrogens is 460 g/mol. The first-order valence-electron chi connectivity index (χ1n) is 11.1. The molecule has 1 atom stereocenters. The third-order valence-corrected chi connectivity index (χ3v) is 7.22. The van der Waals surface area contributed by atoms with Gasteiger partial charge in [-0.2, -0.15) is 0 Å². The molecule has 33 heavy (non-hydrogen) atoms. The van der Waals surface area contributed by atoms with E-state index in [2.05, 4.69) is 14.8 Å². The first kappa shape index (κ1) is 22.3. The fourth-order valence-electron chi connectivity index (χ4n) is 3.83. The van der Waals surface area contributed by atoms with E-state index >= 15 is 0 Å². The average Bonchev–Trinajstić information content (AvgIpc) is 3.62. The van der Waals surface area contributed by atoms with Crippen molar-refractivity contribution >= 4 is 29.3 Å². The summed E-state index contributed by atoms with van der Waals surface area (Å²) in [6, 6.07) is 17.6. The van der Waals surface area contributed by atoms with Gasteiger partial charge in [-0.1, -0.05) is 65.8 Å². The third kappa shape index (κ3) is 5.18. The lowest BCUT2D eigenvalue weighted by atomic mass is 10.1.